The number of fused-ring (bicyclic) bond motifs is 1. The van der Waals surface area contributed by atoms with Crippen LogP contribution in [-0.2, 0) is 17.9 Å². The van der Waals surface area contributed by atoms with E-state index in [0.29, 0.717) is 6.61 Å². The average Bonchev–Trinajstić information content (AvgIpc) is 2.89. The van der Waals surface area contributed by atoms with Crippen LogP contribution in [0.25, 0.3) is 5.65 Å². The van der Waals surface area contributed by atoms with Crippen molar-refractivity contribution in [2.45, 2.75) is 26.5 Å². The molecule has 1 aliphatic heterocycles. The lowest BCUT2D eigenvalue weighted by atomic mass is 10.3. The van der Waals surface area contributed by atoms with Gasteiger partial charge >= 0.3 is 0 Å². The highest BCUT2D eigenvalue weighted by atomic mass is 35.5. The van der Waals surface area contributed by atoms with Gasteiger partial charge in [0, 0.05) is 64.0 Å². The maximum absolute atomic E-state index is 6.07. The minimum absolute atomic E-state index is 0.437. The number of imidazole rings is 1. The van der Waals surface area contributed by atoms with E-state index in [1.165, 1.54) is 0 Å². The van der Waals surface area contributed by atoms with Crippen LogP contribution in [0.3, 0.4) is 0 Å². The maximum atomic E-state index is 6.07. The van der Waals surface area contributed by atoms with Crippen molar-refractivity contribution in [2.75, 3.05) is 38.2 Å². The molecule has 0 spiro atoms. The van der Waals surface area contributed by atoms with Crippen molar-refractivity contribution in [3.63, 3.8) is 0 Å². The monoisotopic (exact) mass is 400 g/mol. The normalized spacial score (nSPS) is 15.9. The Kier molecular flexibility index (Phi) is 5.75. The molecule has 0 saturated carbocycles. The van der Waals surface area contributed by atoms with Gasteiger partial charge < -0.3 is 14.0 Å². The lowest BCUT2D eigenvalue weighted by Gasteiger charge is -2.23. The van der Waals surface area contributed by atoms with Gasteiger partial charge in [-0.2, -0.15) is 0 Å². The largest absolute Gasteiger partial charge is 0.377 e. The van der Waals surface area contributed by atoms with Crippen LogP contribution in [0.1, 0.15) is 23.6 Å². The van der Waals surface area contributed by atoms with Gasteiger partial charge in [0.25, 0.3) is 0 Å². The zero-order valence-corrected chi connectivity index (χ0v) is 17.1. The number of hydrogen-bond acceptors (Lipinski definition) is 6. The van der Waals surface area contributed by atoms with Gasteiger partial charge in [-0.3, -0.25) is 4.90 Å². The number of halogens is 1. The van der Waals surface area contributed by atoms with Crippen LogP contribution in [0, 0.1) is 6.92 Å². The van der Waals surface area contributed by atoms with Gasteiger partial charge in [0.05, 0.1) is 10.7 Å². The summed E-state index contributed by atoms with van der Waals surface area (Å²) in [6, 6.07) is 5.88. The summed E-state index contributed by atoms with van der Waals surface area (Å²) in [7, 11) is 1.67. The smallest absolute Gasteiger partial charge is 0.156 e. The Hall–Kier alpha value is -2.22. The highest BCUT2D eigenvalue weighted by Crippen LogP contribution is 2.18. The third-order valence-corrected chi connectivity index (χ3v) is 5.15. The van der Waals surface area contributed by atoms with E-state index in [2.05, 4.69) is 32.0 Å². The van der Waals surface area contributed by atoms with Gasteiger partial charge in [-0.1, -0.05) is 11.6 Å². The van der Waals surface area contributed by atoms with Crippen LogP contribution in [0.15, 0.2) is 30.6 Å². The molecule has 1 saturated heterocycles. The molecule has 8 heteroatoms. The van der Waals surface area contributed by atoms with Crippen LogP contribution < -0.4 is 4.90 Å². The van der Waals surface area contributed by atoms with Gasteiger partial charge in [0.2, 0.25) is 0 Å². The number of hydrogen-bond donors (Lipinski definition) is 0. The molecule has 28 heavy (non-hydrogen) atoms. The molecule has 0 atom stereocenters. The average molecular weight is 401 g/mol. The fourth-order valence-corrected chi connectivity index (χ4v) is 3.82. The van der Waals surface area contributed by atoms with E-state index in [0.717, 1.165) is 72.8 Å². The number of nitrogens with zero attached hydrogens (tertiary/aromatic N) is 6. The molecular formula is C20H25ClN6O. The minimum Gasteiger partial charge on any atom is -0.377 e. The van der Waals surface area contributed by atoms with Crippen molar-refractivity contribution in [2.24, 2.45) is 0 Å². The Labute approximate surface area is 169 Å². The van der Waals surface area contributed by atoms with Crippen molar-refractivity contribution in [1.29, 1.82) is 0 Å². The summed E-state index contributed by atoms with van der Waals surface area (Å²) in [6.07, 6.45) is 5.04. The van der Waals surface area contributed by atoms with Crippen molar-refractivity contribution < 1.29 is 4.74 Å². The third-order valence-electron chi connectivity index (χ3n) is 4.92. The van der Waals surface area contributed by atoms with E-state index >= 15 is 0 Å². The molecule has 1 aliphatic rings. The highest BCUT2D eigenvalue weighted by molar-refractivity contribution is 6.30. The summed E-state index contributed by atoms with van der Waals surface area (Å²) in [5.41, 5.74) is 2.97. The molecule has 0 aromatic carbocycles. The molecule has 0 bridgehead atoms. The van der Waals surface area contributed by atoms with E-state index in [1.807, 2.05) is 29.7 Å². The molecule has 148 valence electrons. The number of anilines is 1. The summed E-state index contributed by atoms with van der Waals surface area (Å²) in [5.74, 6) is 1.73. The zero-order valence-electron chi connectivity index (χ0n) is 16.3. The number of pyridine rings is 1. The van der Waals surface area contributed by atoms with Crippen LogP contribution in [0.2, 0.25) is 5.02 Å². The van der Waals surface area contributed by atoms with E-state index in [9.17, 15) is 0 Å². The molecule has 0 N–H and O–H groups in total. The second kappa shape index (κ2) is 8.43. The molecule has 1 fully saturated rings. The van der Waals surface area contributed by atoms with Crippen LogP contribution in [0.5, 0.6) is 0 Å². The van der Waals surface area contributed by atoms with Crippen molar-refractivity contribution >= 4 is 23.1 Å². The van der Waals surface area contributed by atoms with Gasteiger partial charge in [0.15, 0.2) is 5.82 Å². The number of aryl methyl sites for hydroxylation is 1. The van der Waals surface area contributed by atoms with Crippen LogP contribution >= 0.6 is 11.6 Å². The lowest BCUT2D eigenvalue weighted by molar-refractivity contribution is 0.177. The molecule has 0 amide bonds. The first-order valence-corrected chi connectivity index (χ1v) is 9.92. The number of aromatic nitrogens is 4. The van der Waals surface area contributed by atoms with E-state index in [4.69, 9.17) is 21.3 Å². The summed E-state index contributed by atoms with van der Waals surface area (Å²) < 4.78 is 7.19. The van der Waals surface area contributed by atoms with Crippen LogP contribution in [-0.4, -0.2) is 57.5 Å². The number of ether oxygens (including phenoxy) is 1. The van der Waals surface area contributed by atoms with Gasteiger partial charge in [-0.05, 0) is 25.5 Å². The molecule has 3 aromatic rings. The summed E-state index contributed by atoms with van der Waals surface area (Å²) in [4.78, 5) is 18.6. The maximum Gasteiger partial charge on any atom is 0.156 e. The number of methoxy groups -OCH3 is 1. The lowest BCUT2D eigenvalue weighted by Crippen LogP contribution is -2.31. The molecule has 0 unspecified atom stereocenters. The number of rotatable bonds is 5. The van der Waals surface area contributed by atoms with Gasteiger partial charge in [-0.25, -0.2) is 15.0 Å². The molecular weight excluding hydrogens is 376 g/mol. The van der Waals surface area contributed by atoms with E-state index in [1.54, 1.807) is 7.11 Å². The predicted octanol–water partition coefficient (Wildman–Crippen LogP) is 2.94. The third kappa shape index (κ3) is 4.43. The van der Waals surface area contributed by atoms with Crippen molar-refractivity contribution in [1.82, 2.24) is 24.3 Å². The second-order valence-electron chi connectivity index (χ2n) is 7.18. The Bertz CT molecular complexity index is 959. The van der Waals surface area contributed by atoms with Crippen molar-refractivity contribution in [3.8, 4) is 0 Å². The summed E-state index contributed by atoms with van der Waals surface area (Å²) >= 11 is 6.07. The first-order valence-electron chi connectivity index (χ1n) is 9.54. The fraction of sp³-hybridized carbons (Fsp3) is 0.450. The quantitative estimate of drug-likeness (QED) is 0.656. The first kappa shape index (κ1) is 19.1. The van der Waals surface area contributed by atoms with Crippen LogP contribution in [0.4, 0.5) is 5.82 Å². The molecule has 4 rings (SSSR count). The Morgan fingerprint density at radius 2 is 1.96 bits per heavy atom. The molecule has 3 aromatic heterocycles. The Balaban J connectivity index is 1.43. The zero-order chi connectivity index (χ0) is 19.5. The van der Waals surface area contributed by atoms with E-state index < -0.39 is 0 Å². The van der Waals surface area contributed by atoms with E-state index in [-0.39, 0.29) is 0 Å². The molecule has 7 nitrogen and oxygen atoms in total. The summed E-state index contributed by atoms with van der Waals surface area (Å²) in [6.45, 7) is 7.21. The first-order chi connectivity index (χ1) is 13.6. The predicted molar refractivity (Wildman–Crippen MR) is 110 cm³/mol. The van der Waals surface area contributed by atoms with Gasteiger partial charge in [-0.15, -0.1) is 0 Å². The molecule has 0 aliphatic carbocycles. The summed E-state index contributed by atoms with van der Waals surface area (Å²) in [5, 5.41) is 0.717. The SMILES string of the molecule is COCc1nc(C)cc(N2CCCN(Cc3cn4cc(Cl)ccc4n3)CC2)n1. The molecule has 0 radical (unpaired) electrons. The fourth-order valence-electron chi connectivity index (χ4n) is 3.65. The van der Waals surface area contributed by atoms with Crippen molar-refractivity contribution in [3.05, 3.63) is 52.8 Å². The standard InChI is InChI=1S/C20H25ClN6O/c1-15-10-20(24-18(22-15)14-28-2)26-7-3-6-25(8-9-26)12-17-13-27-11-16(21)4-5-19(27)23-17/h4-5,10-11,13H,3,6-9,12,14H2,1-2H3. The Morgan fingerprint density at radius 3 is 2.82 bits per heavy atom. The Morgan fingerprint density at radius 1 is 1.07 bits per heavy atom. The van der Waals surface area contributed by atoms with Gasteiger partial charge in [0.1, 0.15) is 18.1 Å². The minimum atomic E-state index is 0.437. The second-order valence-corrected chi connectivity index (χ2v) is 7.61. The topological polar surface area (TPSA) is 58.8 Å². The molecule has 4 heterocycles. The highest BCUT2D eigenvalue weighted by Gasteiger charge is 2.18.